The van der Waals surface area contributed by atoms with Gasteiger partial charge in [0.2, 0.25) is 0 Å². The van der Waals surface area contributed by atoms with E-state index in [1.165, 1.54) is 24.5 Å². The van der Waals surface area contributed by atoms with Crippen LogP contribution in [0.5, 0.6) is 0 Å². The van der Waals surface area contributed by atoms with Crippen molar-refractivity contribution in [3.8, 4) is 11.1 Å². The van der Waals surface area contributed by atoms with Crippen LogP contribution in [0.2, 0.25) is 0 Å². The van der Waals surface area contributed by atoms with Crippen LogP contribution in [0, 0.1) is 0 Å². The van der Waals surface area contributed by atoms with E-state index in [0.29, 0.717) is 5.56 Å². The topological polar surface area (TPSA) is 111 Å². The van der Waals surface area contributed by atoms with Gasteiger partial charge in [-0.05, 0) is 54.1 Å². The summed E-state index contributed by atoms with van der Waals surface area (Å²) in [5.74, 6) is -1.15. The molecule has 1 unspecified atom stereocenters. The largest absolute Gasteiger partial charge is 0.379 e. The molecule has 2 aromatic rings. The van der Waals surface area contributed by atoms with Gasteiger partial charge in [0, 0.05) is 37.6 Å². The minimum Gasteiger partial charge on any atom is -0.379 e. The van der Waals surface area contributed by atoms with Crippen molar-refractivity contribution in [2.75, 3.05) is 52.7 Å². The van der Waals surface area contributed by atoms with Crippen molar-refractivity contribution in [2.45, 2.75) is 17.4 Å². The molecule has 0 aliphatic carbocycles. The normalized spacial score (nSPS) is 14.7. The standard InChI is InChI=1S/C25H32N4O5S/c1-26-23(30)22(24(31)27-33)28(2)25(32)20-6-4-18(5-7-20)19-8-10-21(11-9-19)35-17-3-12-29-13-15-34-16-14-29/h4-11,22,33H,3,12-17H2,1-2H3,(H,26,30)(H,27,31). The van der Waals surface area contributed by atoms with Crippen molar-refractivity contribution in [1.82, 2.24) is 20.6 Å². The molecule has 9 nitrogen and oxygen atoms in total. The summed E-state index contributed by atoms with van der Waals surface area (Å²) in [6, 6.07) is 13.8. The van der Waals surface area contributed by atoms with Crippen LogP contribution in [0.15, 0.2) is 53.4 Å². The fourth-order valence-corrected chi connectivity index (χ4v) is 4.68. The van der Waals surface area contributed by atoms with Crippen LogP contribution >= 0.6 is 11.8 Å². The van der Waals surface area contributed by atoms with Gasteiger partial charge in [0.05, 0.1) is 13.2 Å². The number of carbonyl (C=O) groups excluding carboxylic acids is 3. The van der Waals surface area contributed by atoms with Crippen molar-refractivity contribution in [2.24, 2.45) is 0 Å². The molecule has 1 fully saturated rings. The van der Waals surface area contributed by atoms with Crippen molar-refractivity contribution >= 4 is 29.5 Å². The first-order valence-corrected chi connectivity index (χ1v) is 12.5. The van der Waals surface area contributed by atoms with Gasteiger partial charge in [0.15, 0.2) is 6.04 Å². The third-order valence-corrected chi connectivity index (χ3v) is 6.97. The number of nitrogens with one attached hydrogen (secondary N) is 2. The smallest absolute Gasteiger partial charge is 0.275 e. The maximum atomic E-state index is 12.8. The minimum absolute atomic E-state index is 0.323. The number of benzene rings is 2. The average Bonchev–Trinajstić information content (AvgIpc) is 2.91. The summed E-state index contributed by atoms with van der Waals surface area (Å²) < 4.78 is 5.38. The Morgan fingerprint density at radius 3 is 2.20 bits per heavy atom. The number of hydrogen-bond acceptors (Lipinski definition) is 7. The maximum Gasteiger partial charge on any atom is 0.275 e. The molecule has 0 bridgehead atoms. The van der Waals surface area contributed by atoms with Gasteiger partial charge in [-0.15, -0.1) is 11.8 Å². The van der Waals surface area contributed by atoms with Crippen LogP contribution in [-0.2, 0) is 14.3 Å². The molecule has 188 valence electrons. The van der Waals surface area contributed by atoms with Crippen LogP contribution in [0.25, 0.3) is 11.1 Å². The Morgan fingerprint density at radius 1 is 1.03 bits per heavy atom. The first kappa shape index (κ1) is 26.7. The minimum atomic E-state index is -1.49. The van der Waals surface area contributed by atoms with E-state index in [2.05, 4.69) is 34.5 Å². The lowest BCUT2D eigenvalue weighted by molar-refractivity contribution is -0.140. The molecule has 1 aliphatic rings. The second kappa shape index (κ2) is 13.2. The highest BCUT2D eigenvalue weighted by molar-refractivity contribution is 7.99. The number of rotatable bonds is 10. The summed E-state index contributed by atoms with van der Waals surface area (Å²) in [7, 11) is 2.69. The Kier molecular flexibility index (Phi) is 10.1. The lowest BCUT2D eigenvalue weighted by Crippen LogP contribution is -2.54. The zero-order chi connectivity index (χ0) is 25.2. The number of hydrogen-bond donors (Lipinski definition) is 3. The van der Waals surface area contributed by atoms with Gasteiger partial charge in [-0.3, -0.25) is 24.5 Å². The predicted molar refractivity (Wildman–Crippen MR) is 134 cm³/mol. The Bertz CT molecular complexity index is 978. The molecule has 1 atom stereocenters. The summed E-state index contributed by atoms with van der Waals surface area (Å²) in [6.45, 7) is 4.80. The lowest BCUT2D eigenvalue weighted by Gasteiger charge is -2.26. The molecular weight excluding hydrogens is 468 g/mol. The zero-order valence-electron chi connectivity index (χ0n) is 20.0. The van der Waals surface area contributed by atoms with Gasteiger partial charge in [0.1, 0.15) is 0 Å². The summed E-state index contributed by atoms with van der Waals surface area (Å²) in [4.78, 5) is 41.4. The SMILES string of the molecule is CNC(=O)C(C(=O)NO)N(C)C(=O)c1ccc(-c2ccc(SCCCN3CCOCC3)cc2)cc1. The fourth-order valence-electron chi connectivity index (χ4n) is 3.84. The van der Waals surface area contributed by atoms with Gasteiger partial charge in [0.25, 0.3) is 17.7 Å². The van der Waals surface area contributed by atoms with Gasteiger partial charge >= 0.3 is 0 Å². The van der Waals surface area contributed by atoms with E-state index in [1.54, 1.807) is 12.1 Å². The van der Waals surface area contributed by atoms with Crippen molar-refractivity contribution < 1.29 is 24.3 Å². The molecule has 1 aliphatic heterocycles. The van der Waals surface area contributed by atoms with Crippen molar-refractivity contribution in [3.63, 3.8) is 0 Å². The Morgan fingerprint density at radius 2 is 1.63 bits per heavy atom. The van der Waals surface area contributed by atoms with Gasteiger partial charge < -0.3 is 15.0 Å². The number of thioether (sulfide) groups is 1. The van der Waals surface area contributed by atoms with E-state index in [1.807, 2.05) is 23.9 Å². The monoisotopic (exact) mass is 500 g/mol. The van der Waals surface area contributed by atoms with E-state index in [9.17, 15) is 14.4 Å². The Labute approximate surface area is 209 Å². The summed E-state index contributed by atoms with van der Waals surface area (Å²) in [5.41, 5.74) is 3.73. The van der Waals surface area contributed by atoms with Crippen LogP contribution in [-0.4, -0.2) is 91.5 Å². The highest BCUT2D eigenvalue weighted by Crippen LogP contribution is 2.25. The highest BCUT2D eigenvalue weighted by Gasteiger charge is 2.33. The average molecular weight is 501 g/mol. The third-order valence-electron chi connectivity index (χ3n) is 5.87. The molecule has 0 radical (unpaired) electrons. The van der Waals surface area contributed by atoms with Crippen LogP contribution < -0.4 is 10.8 Å². The van der Waals surface area contributed by atoms with E-state index in [4.69, 9.17) is 9.94 Å². The molecule has 1 saturated heterocycles. The van der Waals surface area contributed by atoms with E-state index >= 15 is 0 Å². The van der Waals surface area contributed by atoms with Crippen LogP contribution in [0.4, 0.5) is 0 Å². The van der Waals surface area contributed by atoms with Gasteiger partial charge in [-0.2, -0.15) is 0 Å². The van der Waals surface area contributed by atoms with Gasteiger partial charge in [-0.1, -0.05) is 24.3 Å². The van der Waals surface area contributed by atoms with Crippen molar-refractivity contribution in [3.05, 3.63) is 54.1 Å². The number of likely N-dealkylation sites (N-methyl/N-ethyl adjacent to an activating group) is 2. The van der Waals surface area contributed by atoms with Crippen LogP contribution in [0.3, 0.4) is 0 Å². The summed E-state index contributed by atoms with van der Waals surface area (Å²) in [5, 5.41) is 11.2. The van der Waals surface area contributed by atoms with Crippen molar-refractivity contribution in [1.29, 1.82) is 0 Å². The molecule has 0 saturated carbocycles. The second-order valence-electron chi connectivity index (χ2n) is 8.17. The molecule has 2 aromatic carbocycles. The molecule has 3 rings (SSSR count). The van der Waals surface area contributed by atoms with E-state index in [-0.39, 0.29) is 0 Å². The predicted octanol–water partition coefficient (Wildman–Crippen LogP) is 1.86. The first-order valence-electron chi connectivity index (χ1n) is 11.5. The van der Waals surface area contributed by atoms with Crippen LogP contribution in [0.1, 0.15) is 16.8 Å². The van der Waals surface area contributed by atoms with E-state index < -0.39 is 23.8 Å². The maximum absolute atomic E-state index is 12.8. The second-order valence-corrected chi connectivity index (χ2v) is 9.33. The molecule has 0 aromatic heterocycles. The molecule has 0 spiro atoms. The molecule has 3 amide bonds. The molecular formula is C25H32N4O5S. The number of nitrogens with zero attached hydrogens (tertiary/aromatic N) is 2. The third kappa shape index (κ3) is 7.28. The quantitative estimate of drug-likeness (QED) is 0.150. The first-order chi connectivity index (χ1) is 16.9. The molecule has 3 N–H and O–H groups in total. The number of morpholine rings is 1. The highest BCUT2D eigenvalue weighted by atomic mass is 32.2. The number of hydroxylamine groups is 1. The Balaban J connectivity index is 1.56. The molecule has 10 heteroatoms. The molecule has 1 heterocycles. The summed E-state index contributed by atoms with van der Waals surface area (Å²) >= 11 is 1.84. The van der Waals surface area contributed by atoms with E-state index in [0.717, 1.165) is 61.0 Å². The zero-order valence-corrected chi connectivity index (χ0v) is 20.8. The molecule has 35 heavy (non-hydrogen) atoms. The lowest BCUT2D eigenvalue weighted by atomic mass is 10.0. The number of amides is 3. The number of carbonyl (C=O) groups is 3. The van der Waals surface area contributed by atoms with Gasteiger partial charge in [-0.25, -0.2) is 5.48 Å². The summed E-state index contributed by atoms with van der Waals surface area (Å²) in [6.07, 6.45) is 1.14. The Hall–Kier alpha value is -2.92. The number of ether oxygens (including phenoxy) is 1. The fraction of sp³-hybridized carbons (Fsp3) is 0.400.